The molecule has 2 aliphatic carbocycles. The van der Waals surface area contributed by atoms with Crippen molar-refractivity contribution in [2.45, 2.75) is 57.2 Å². The molecular formula is C23H29N7O3. The highest BCUT2D eigenvalue weighted by Crippen LogP contribution is 2.30. The normalized spacial score (nSPS) is 24.5. The summed E-state index contributed by atoms with van der Waals surface area (Å²) in [6.45, 7) is 2.13. The Kier molecular flexibility index (Phi) is 5.53. The minimum absolute atomic E-state index is 0.172. The van der Waals surface area contributed by atoms with Gasteiger partial charge in [0.2, 0.25) is 0 Å². The first-order valence-electron chi connectivity index (χ1n) is 11.5. The van der Waals surface area contributed by atoms with Crippen LogP contribution in [0.4, 0.5) is 17.3 Å². The Hall–Kier alpha value is -3.40. The van der Waals surface area contributed by atoms with E-state index in [-0.39, 0.29) is 23.6 Å². The molecule has 10 nitrogen and oxygen atoms in total. The lowest BCUT2D eigenvalue weighted by atomic mass is 9.81. The number of aliphatic hydroxyl groups is 1. The number of pyridine rings is 1. The molecular weight excluding hydrogens is 422 g/mol. The Morgan fingerprint density at radius 3 is 2.76 bits per heavy atom. The van der Waals surface area contributed by atoms with Crippen molar-refractivity contribution >= 4 is 28.9 Å². The molecule has 2 fully saturated rings. The number of anilines is 3. The van der Waals surface area contributed by atoms with Gasteiger partial charge in [0.05, 0.1) is 18.3 Å². The first kappa shape index (κ1) is 21.4. The van der Waals surface area contributed by atoms with Gasteiger partial charge in [-0.25, -0.2) is 4.98 Å². The van der Waals surface area contributed by atoms with Gasteiger partial charge in [0.15, 0.2) is 5.65 Å². The average Bonchev–Trinajstić information content (AvgIpc) is 3.43. The maximum absolute atomic E-state index is 13.1. The maximum Gasteiger partial charge on any atom is 0.274 e. The smallest absolute Gasteiger partial charge is 0.274 e. The van der Waals surface area contributed by atoms with Crippen LogP contribution in [-0.4, -0.2) is 49.4 Å². The molecule has 4 atom stereocenters. The number of nitrogens with zero attached hydrogens (tertiary/aromatic N) is 4. The molecule has 2 saturated carbocycles. The van der Waals surface area contributed by atoms with Gasteiger partial charge < -0.3 is 25.6 Å². The van der Waals surface area contributed by atoms with Crippen LogP contribution in [0.5, 0.6) is 0 Å². The minimum Gasteiger partial charge on any atom is -0.391 e. The number of hydrogen-bond acceptors (Lipinski definition) is 7. The Balaban J connectivity index is 1.48. The Morgan fingerprint density at radius 2 is 2.09 bits per heavy atom. The van der Waals surface area contributed by atoms with Gasteiger partial charge in [0, 0.05) is 25.4 Å². The molecule has 10 heteroatoms. The number of nitrogens with one attached hydrogen (secondary N) is 3. The van der Waals surface area contributed by atoms with Gasteiger partial charge in [-0.3, -0.25) is 9.59 Å². The number of rotatable bonds is 6. The standard InChI is InChI=1S/C23H29N7O3/c1-13-8-9-15(13)27-22(32)14-12-25-30-20(24-2)11-19(28-21(14)30)26-16-5-4-10-29(23(16)33)17-6-3-7-18(17)31/h4-5,10-13,15,17-18,24,31H,3,6-9H2,1-2H3,(H,26,28)(H,27,32)/t13-,15+,17+,18-/m1/s1. The lowest BCUT2D eigenvalue weighted by molar-refractivity contribution is 0.0886. The molecule has 3 heterocycles. The summed E-state index contributed by atoms with van der Waals surface area (Å²) in [5, 5.41) is 23.8. The van der Waals surface area contributed by atoms with Crippen LogP contribution in [0, 0.1) is 5.92 Å². The second-order valence-electron chi connectivity index (χ2n) is 9.03. The number of aliphatic hydroxyl groups excluding tert-OH is 1. The summed E-state index contributed by atoms with van der Waals surface area (Å²) in [4.78, 5) is 30.6. The van der Waals surface area contributed by atoms with Crippen molar-refractivity contribution in [1.82, 2.24) is 24.5 Å². The number of hydrogen-bond donors (Lipinski definition) is 4. The van der Waals surface area contributed by atoms with Crippen molar-refractivity contribution in [3.63, 3.8) is 0 Å². The Labute approximate surface area is 191 Å². The molecule has 3 aromatic heterocycles. The van der Waals surface area contributed by atoms with E-state index in [0.717, 1.165) is 25.7 Å². The summed E-state index contributed by atoms with van der Waals surface area (Å²) in [7, 11) is 1.76. The number of carbonyl (C=O) groups excluding carboxylic acids is 1. The molecule has 5 rings (SSSR count). The largest absolute Gasteiger partial charge is 0.391 e. The molecule has 0 aromatic carbocycles. The third kappa shape index (κ3) is 3.84. The zero-order valence-corrected chi connectivity index (χ0v) is 18.8. The molecule has 0 unspecified atom stereocenters. The lowest BCUT2D eigenvalue weighted by Gasteiger charge is -2.34. The summed E-state index contributed by atoms with van der Waals surface area (Å²) in [6, 6.07) is 5.15. The van der Waals surface area contributed by atoms with Crippen LogP contribution in [0.1, 0.15) is 55.4 Å². The molecule has 174 valence electrons. The Bertz CT molecular complexity index is 1250. The van der Waals surface area contributed by atoms with E-state index in [2.05, 4.69) is 33.0 Å². The van der Waals surface area contributed by atoms with E-state index in [1.165, 1.54) is 6.20 Å². The van der Waals surface area contributed by atoms with Gasteiger partial charge >= 0.3 is 0 Å². The quantitative estimate of drug-likeness (QED) is 0.453. The van der Waals surface area contributed by atoms with Crippen molar-refractivity contribution in [2.24, 2.45) is 5.92 Å². The van der Waals surface area contributed by atoms with Crippen molar-refractivity contribution in [2.75, 3.05) is 17.7 Å². The summed E-state index contributed by atoms with van der Waals surface area (Å²) < 4.78 is 3.16. The van der Waals surface area contributed by atoms with Crippen LogP contribution >= 0.6 is 0 Å². The molecule has 0 saturated heterocycles. The van der Waals surface area contributed by atoms with Crippen molar-refractivity contribution in [3.8, 4) is 0 Å². The van der Waals surface area contributed by atoms with E-state index in [4.69, 9.17) is 0 Å². The van der Waals surface area contributed by atoms with Crippen LogP contribution in [0.3, 0.4) is 0 Å². The van der Waals surface area contributed by atoms with Gasteiger partial charge in [0.1, 0.15) is 22.9 Å². The predicted molar refractivity (Wildman–Crippen MR) is 125 cm³/mol. The van der Waals surface area contributed by atoms with Crippen LogP contribution < -0.4 is 21.5 Å². The second-order valence-corrected chi connectivity index (χ2v) is 9.03. The first-order valence-corrected chi connectivity index (χ1v) is 11.5. The van der Waals surface area contributed by atoms with E-state index in [1.54, 1.807) is 40.5 Å². The number of aromatic nitrogens is 4. The fourth-order valence-electron chi connectivity index (χ4n) is 4.74. The number of fused-ring (bicyclic) bond motifs is 1. The van der Waals surface area contributed by atoms with E-state index in [1.807, 2.05) is 0 Å². The van der Waals surface area contributed by atoms with Gasteiger partial charge in [-0.1, -0.05) is 6.92 Å². The van der Waals surface area contributed by atoms with Gasteiger partial charge in [-0.15, -0.1) is 0 Å². The summed E-state index contributed by atoms with van der Waals surface area (Å²) in [5.74, 6) is 1.30. The van der Waals surface area contributed by atoms with Gasteiger partial charge in [-0.2, -0.15) is 9.61 Å². The van der Waals surface area contributed by atoms with Crippen LogP contribution in [0.25, 0.3) is 5.65 Å². The van der Waals surface area contributed by atoms with Crippen molar-refractivity contribution in [1.29, 1.82) is 0 Å². The van der Waals surface area contributed by atoms with E-state index < -0.39 is 6.10 Å². The van der Waals surface area contributed by atoms with Crippen LogP contribution in [0.15, 0.2) is 35.4 Å². The topological polar surface area (TPSA) is 126 Å². The van der Waals surface area contributed by atoms with Gasteiger partial charge in [0.25, 0.3) is 11.5 Å². The average molecular weight is 452 g/mol. The van der Waals surface area contributed by atoms with Crippen LogP contribution in [0.2, 0.25) is 0 Å². The van der Waals surface area contributed by atoms with Crippen molar-refractivity contribution in [3.05, 3.63) is 46.5 Å². The molecule has 0 aliphatic heterocycles. The summed E-state index contributed by atoms with van der Waals surface area (Å²) in [6.07, 6.45) is 7.16. The minimum atomic E-state index is -0.519. The summed E-state index contributed by atoms with van der Waals surface area (Å²) in [5.41, 5.74) is 0.913. The highest BCUT2D eigenvalue weighted by atomic mass is 16.3. The van der Waals surface area contributed by atoms with E-state index >= 15 is 0 Å². The molecule has 3 aromatic rings. The highest BCUT2D eigenvalue weighted by molar-refractivity contribution is 6.00. The van der Waals surface area contributed by atoms with Crippen LogP contribution in [-0.2, 0) is 0 Å². The third-order valence-corrected chi connectivity index (χ3v) is 6.95. The van der Waals surface area contributed by atoms with E-state index in [9.17, 15) is 14.7 Å². The third-order valence-electron chi connectivity index (χ3n) is 6.95. The van der Waals surface area contributed by atoms with Gasteiger partial charge in [-0.05, 0) is 50.2 Å². The summed E-state index contributed by atoms with van der Waals surface area (Å²) >= 11 is 0. The number of carbonyl (C=O) groups is 1. The molecule has 0 bridgehead atoms. The Morgan fingerprint density at radius 1 is 1.24 bits per heavy atom. The SMILES string of the molecule is CNc1cc(Nc2cccn([C@H]3CCC[C@H]3O)c2=O)nc2c(C(=O)N[C@H]3CC[C@H]3C)cnn12. The monoisotopic (exact) mass is 451 g/mol. The molecule has 1 amide bonds. The molecule has 0 spiro atoms. The molecule has 2 aliphatic rings. The van der Waals surface area contributed by atoms with E-state index in [0.29, 0.717) is 40.9 Å². The fraction of sp³-hybridized carbons (Fsp3) is 0.478. The lowest BCUT2D eigenvalue weighted by Crippen LogP contribution is -2.45. The maximum atomic E-state index is 13.1. The molecule has 4 N–H and O–H groups in total. The number of amides is 1. The zero-order chi connectivity index (χ0) is 23.1. The predicted octanol–water partition coefficient (Wildman–Crippen LogP) is 2.29. The molecule has 0 radical (unpaired) electrons. The zero-order valence-electron chi connectivity index (χ0n) is 18.8. The molecule has 33 heavy (non-hydrogen) atoms. The first-order chi connectivity index (χ1) is 16.0. The fourth-order valence-corrected chi connectivity index (χ4v) is 4.74. The highest BCUT2D eigenvalue weighted by Gasteiger charge is 2.30. The van der Waals surface area contributed by atoms with Crippen molar-refractivity contribution < 1.29 is 9.90 Å². The second kappa shape index (κ2) is 8.51.